The summed E-state index contributed by atoms with van der Waals surface area (Å²) in [6.45, 7) is 5.12. The molecule has 0 radical (unpaired) electrons. The highest BCUT2D eigenvalue weighted by atomic mass is 32.2. The van der Waals surface area contributed by atoms with Crippen LogP contribution >= 0.6 is 0 Å². The van der Waals surface area contributed by atoms with Gasteiger partial charge in [-0.05, 0) is 32.0 Å². The van der Waals surface area contributed by atoms with Gasteiger partial charge in [0, 0.05) is 37.1 Å². The van der Waals surface area contributed by atoms with Crippen molar-refractivity contribution >= 4 is 15.5 Å². The van der Waals surface area contributed by atoms with Crippen molar-refractivity contribution in [2.24, 2.45) is 0 Å². The molecule has 0 amide bonds. The van der Waals surface area contributed by atoms with Crippen LogP contribution in [-0.4, -0.2) is 40.6 Å². The molecular formula is C15H25FN2O2S. The van der Waals surface area contributed by atoms with Crippen LogP contribution < -0.4 is 10.2 Å². The summed E-state index contributed by atoms with van der Waals surface area (Å²) in [5, 5.41) is 3.27. The van der Waals surface area contributed by atoms with Crippen molar-refractivity contribution in [3.8, 4) is 0 Å². The van der Waals surface area contributed by atoms with E-state index in [0.29, 0.717) is 12.1 Å². The van der Waals surface area contributed by atoms with Gasteiger partial charge in [-0.2, -0.15) is 0 Å². The first kappa shape index (κ1) is 17.9. The highest BCUT2D eigenvalue weighted by Crippen LogP contribution is 2.28. The molecule has 0 aliphatic rings. The van der Waals surface area contributed by atoms with Gasteiger partial charge in [-0.1, -0.05) is 13.0 Å². The number of rotatable bonds is 8. The lowest BCUT2D eigenvalue weighted by Gasteiger charge is -2.26. The van der Waals surface area contributed by atoms with Crippen LogP contribution in [-0.2, 0) is 9.84 Å². The van der Waals surface area contributed by atoms with Gasteiger partial charge in [0.25, 0.3) is 0 Å². The van der Waals surface area contributed by atoms with Crippen LogP contribution in [0.1, 0.15) is 31.9 Å². The molecule has 21 heavy (non-hydrogen) atoms. The Morgan fingerprint density at radius 1 is 1.38 bits per heavy atom. The molecule has 1 aromatic carbocycles. The molecule has 4 nitrogen and oxygen atoms in total. The van der Waals surface area contributed by atoms with Crippen molar-refractivity contribution in [3.63, 3.8) is 0 Å². The Morgan fingerprint density at radius 2 is 2.05 bits per heavy atom. The summed E-state index contributed by atoms with van der Waals surface area (Å²) in [7, 11) is -1.25. The largest absolute Gasteiger partial charge is 0.373 e. The van der Waals surface area contributed by atoms with E-state index in [2.05, 4.69) is 12.2 Å². The number of halogens is 1. The predicted molar refractivity (Wildman–Crippen MR) is 86.1 cm³/mol. The van der Waals surface area contributed by atoms with E-state index < -0.39 is 9.84 Å². The van der Waals surface area contributed by atoms with Gasteiger partial charge in [0.1, 0.15) is 15.7 Å². The van der Waals surface area contributed by atoms with Gasteiger partial charge < -0.3 is 10.2 Å². The minimum atomic E-state index is -3.04. The van der Waals surface area contributed by atoms with E-state index in [4.69, 9.17) is 0 Å². The first-order chi connectivity index (χ1) is 9.76. The van der Waals surface area contributed by atoms with E-state index in [-0.39, 0.29) is 17.6 Å². The summed E-state index contributed by atoms with van der Waals surface area (Å²) in [5.41, 5.74) is 1.32. The normalized spacial score (nSPS) is 13.2. The van der Waals surface area contributed by atoms with E-state index in [0.717, 1.165) is 18.7 Å². The number of benzene rings is 1. The SMILES string of the molecule is CCCNC(C)c1c(F)cccc1N(C)CCS(C)(=O)=O. The predicted octanol–water partition coefficient (Wildman–Crippen LogP) is 2.37. The van der Waals surface area contributed by atoms with Crippen molar-refractivity contribution in [3.05, 3.63) is 29.6 Å². The fourth-order valence-corrected chi connectivity index (χ4v) is 2.78. The number of hydrogen-bond acceptors (Lipinski definition) is 4. The molecule has 1 aromatic rings. The third-order valence-electron chi connectivity index (χ3n) is 3.37. The fraction of sp³-hybridized carbons (Fsp3) is 0.600. The molecule has 0 aromatic heterocycles. The second kappa shape index (κ2) is 7.75. The van der Waals surface area contributed by atoms with Crippen molar-refractivity contribution in [2.45, 2.75) is 26.3 Å². The van der Waals surface area contributed by atoms with Crippen molar-refractivity contribution in [2.75, 3.05) is 37.0 Å². The molecule has 0 heterocycles. The van der Waals surface area contributed by atoms with Crippen LogP contribution in [0.25, 0.3) is 0 Å². The first-order valence-electron chi connectivity index (χ1n) is 7.17. The second-order valence-electron chi connectivity index (χ2n) is 5.40. The Labute approximate surface area is 127 Å². The zero-order valence-corrected chi connectivity index (χ0v) is 14.0. The van der Waals surface area contributed by atoms with Crippen LogP contribution in [0.2, 0.25) is 0 Å². The van der Waals surface area contributed by atoms with Gasteiger partial charge in [-0.25, -0.2) is 12.8 Å². The van der Waals surface area contributed by atoms with Crippen LogP contribution in [0.4, 0.5) is 10.1 Å². The maximum atomic E-state index is 14.2. The topological polar surface area (TPSA) is 49.4 Å². The van der Waals surface area contributed by atoms with Crippen LogP contribution in [0, 0.1) is 5.82 Å². The summed E-state index contributed by atoms with van der Waals surface area (Å²) < 4.78 is 36.7. The summed E-state index contributed by atoms with van der Waals surface area (Å²) in [6, 6.07) is 4.79. The van der Waals surface area contributed by atoms with Crippen LogP contribution in [0.15, 0.2) is 18.2 Å². The Hall–Kier alpha value is -1.14. The minimum Gasteiger partial charge on any atom is -0.373 e. The fourth-order valence-electron chi connectivity index (χ4n) is 2.17. The molecule has 1 unspecified atom stereocenters. The average Bonchev–Trinajstić information content (AvgIpc) is 2.41. The van der Waals surface area contributed by atoms with E-state index >= 15 is 0 Å². The zero-order chi connectivity index (χ0) is 16.0. The molecule has 1 rings (SSSR count). The average molecular weight is 316 g/mol. The summed E-state index contributed by atoms with van der Waals surface area (Å²) in [5.74, 6) is -0.217. The lowest BCUT2D eigenvalue weighted by atomic mass is 10.0. The molecule has 0 spiro atoms. The number of nitrogens with one attached hydrogen (secondary N) is 1. The smallest absolute Gasteiger partial charge is 0.149 e. The van der Waals surface area contributed by atoms with Crippen molar-refractivity contribution in [1.29, 1.82) is 0 Å². The molecule has 0 bridgehead atoms. The quantitative estimate of drug-likeness (QED) is 0.800. The molecule has 0 saturated carbocycles. The van der Waals surface area contributed by atoms with Gasteiger partial charge >= 0.3 is 0 Å². The van der Waals surface area contributed by atoms with Crippen LogP contribution in [0.3, 0.4) is 0 Å². The number of hydrogen-bond donors (Lipinski definition) is 1. The van der Waals surface area contributed by atoms with Gasteiger partial charge in [-0.15, -0.1) is 0 Å². The van der Waals surface area contributed by atoms with E-state index in [1.807, 2.05) is 13.0 Å². The van der Waals surface area contributed by atoms with Crippen molar-refractivity contribution in [1.82, 2.24) is 5.32 Å². The van der Waals surface area contributed by atoms with E-state index in [1.165, 1.54) is 12.3 Å². The molecule has 0 fully saturated rings. The number of nitrogens with zero attached hydrogens (tertiary/aromatic N) is 1. The summed E-state index contributed by atoms with van der Waals surface area (Å²) in [6.07, 6.45) is 2.18. The minimum absolute atomic E-state index is 0.0518. The third kappa shape index (κ3) is 5.63. The van der Waals surface area contributed by atoms with Gasteiger partial charge in [-0.3, -0.25) is 0 Å². The highest BCUT2D eigenvalue weighted by molar-refractivity contribution is 7.90. The molecule has 120 valence electrons. The first-order valence-corrected chi connectivity index (χ1v) is 9.23. The van der Waals surface area contributed by atoms with Gasteiger partial charge in [0.2, 0.25) is 0 Å². The number of anilines is 1. The van der Waals surface area contributed by atoms with Gasteiger partial charge in [0.05, 0.1) is 5.75 Å². The Kier molecular flexibility index (Phi) is 6.61. The maximum Gasteiger partial charge on any atom is 0.149 e. The Bertz CT molecular complexity index is 561. The van der Waals surface area contributed by atoms with Gasteiger partial charge in [0.15, 0.2) is 0 Å². The molecule has 0 aliphatic carbocycles. The molecule has 0 saturated heterocycles. The Morgan fingerprint density at radius 3 is 2.62 bits per heavy atom. The number of sulfone groups is 1. The molecule has 6 heteroatoms. The standard InChI is InChI=1S/C15H25FN2O2S/c1-5-9-17-12(2)15-13(16)7-6-8-14(15)18(3)10-11-21(4,19)20/h6-8,12,17H,5,9-11H2,1-4H3. The maximum absolute atomic E-state index is 14.2. The van der Waals surface area contributed by atoms with E-state index in [1.54, 1.807) is 18.0 Å². The molecule has 0 aliphatic heterocycles. The second-order valence-corrected chi connectivity index (χ2v) is 7.66. The summed E-state index contributed by atoms with van der Waals surface area (Å²) >= 11 is 0. The third-order valence-corrected chi connectivity index (χ3v) is 4.30. The molecule has 1 N–H and O–H groups in total. The van der Waals surface area contributed by atoms with Crippen LogP contribution in [0.5, 0.6) is 0 Å². The lowest BCUT2D eigenvalue weighted by molar-refractivity contribution is 0.527. The monoisotopic (exact) mass is 316 g/mol. The van der Waals surface area contributed by atoms with Crippen molar-refractivity contribution < 1.29 is 12.8 Å². The Balaban J connectivity index is 2.98. The lowest BCUT2D eigenvalue weighted by Crippen LogP contribution is -2.28. The highest BCUT2D eigenvalue weighted by Gasteiger charge is 2.18. The molecular weight excluding hydrogens is 291 g/mol. The molecule has 1 atom stereocenters. The van der Waals surface area contributed by atoms with E-state index in [9.17, 15) is 12.8 Å². The zero-order valence-electron chi connectivity index (χ0n) is 13.2. The summed E-state index contributed by atoms with van der Waals surface area (Å²) in [4.78, 5) is 1.80.